The molecule has 2 heterocycles. The Labute approximate surface area is 125 Å². The number of rotatable bonds is 3. The number of quaternary nitrogens is 1. The Morgan fingerprint density at radius 1 is 1.32 bits per heavy atom. The number of hydrogen-bond donors (Lipinski definition) is 2. The largest absolute Gasteiger partial charge is 0.316 e. The van der Waals surface area contributed by atoms with Gasteiger partial charge in [-0.2, -0.15) is 4.98 Å². The van der Waals surface area contributed by atoms with Crippen molar-refractivity contribution in [1.82, 2.24) is 14.8 Å². The molecule has 1 aromatic carbocycles. The van der Waals surface area contributed by atoms with Crippen molar-refractivity contribution >= 4 is 28.1 Å². The molecule has 0 spiro atoms. The number of likely N-dealkylation sites (tertiary alicyclic amines) is 1. The predicted molar refractivity (Wildman–Crippen MR) is 80.5 cm³/mol. The Hall–Kier alpha value is -0.980. The van der Waals surface area contributed by atoms with E-state index in [9.17, 15) is 0 Å². The van der Waals surface area contributed by atoms with E-state index in [4.69, 9.17) is 12.2 Å². The van der Waals surface area contributed by atoms with Crippen LogP contribution < -0.4 is 4.90 Å². The molecule has 1 fully saturated rings. The molecule has 0 unspecified atom stereocenters. The van der Waals surface area contributed by atoms with Gasteiger partial charge in [0, 0.05) is 22.9 Å². The molecule has 0 amide bonds. The highest BCUT2D eigenvalue weighted by Gasteiger charge is 2.17. The zero-order chi connectivity index (χ0) is 13.2. The fraction of sp³-hybridized carbons (Fsp3) is 0.385. The minimum Gasteiger partial charge on any atom is -0.316 e. The maximum absolute atomic E-state index is 5.34. The summed E-state index contributed by atoms with van der Waals surface area (Å²) in [5.74, 6) is 0.830. The zero-order valence-corrected chi connectivity index (χ0v) is 12.9. The molecular formula is C13H16BrN4S+. The molecule has 0 aliphatic carbocycles. The molecule has 3 rings (SSSR count). The molecule has 0 atom stereocenters. The number of aromatic nitrogens is 3. The first-order valence-corrected chi connectivity index (χ1v) is 7.69. The van der Waals surface area contributed by atoms with E-state index in [0.717, 1.165) is 22.5 Å². The smallest absolute Gasteiger partial charge is 0.221 e. The average molecular weight is 340 g/mol. The van der Waals surface area contributed by atoms with E-state index in [0.29, 0.717) is 4.77 Å². The van der Waals surface area contributed by atoms with Crippen LogP contribution in [0.15, 0.2) is 28.7 Å². The van der Waals surface area contributed by atoms with Gasteiger partial charge in [-0.25, -0.2) is 4.68 Å². The summed E-state index contributed by atoms with van der Waals surface area (Å²) in [6, 6.07) is 8.04. The van der Waals surface area contributed by atoms with E-state index in [2.05, 4.69) is 26.0 Å². The second-order valence-electron chi connectivity index (χ2n) is 4.88. The summed E-state index contributed by atoms with van der Waals surface area (Å²) in [5.41, 5.74) is 1.05. The average Bonchev–Trinajstić information content (AvgIpc) is 3.02. The quantitative estimate of drug-likeness (QED) is 0.839. The molecule has 1 aliphatic rings. The van der Waals surface area contributed by atoms with Gasteiger partial charge in [-0.1, -0.05) is 34.1 Å². The highest BCUT2D eigenvalue weighted by molar-refractivity contribution is 9.10. The number of aromatic amines is 1. The Morgan fingerprint density at radius 3 is 2.79 bits per heavy atom. The van der Waals surface area contributed by atoms with Crippen LogP contribution in [0.5, 0.6) is 0 Å². The lowest BCUT2D eigenvalue weighted by molar-refractivity contribution is -0.911. The zero-order valence-electron chi connectivity index (χ0n) is 10.5. The Morgan fingerprint density at radius 2 is 2.05 bits per heavy atom. The van der Waals surface area contributed by atoms with E-state index in [1.165, 1.54) is 25.9 Å². The number of halogens is 1. The van der Waals surface area contributed by atoms with Crippen LogP contribution in [0.3, 0.4) is 0 Å². The summed E-state index contributed by atoms with van der Waals surface area (Å²) in [5, 5.41) is 3.32. The van der Waals surface area contributed by atoms with Crippen molar-refractivity contribution in [2.45, 2.75) is 19.5 Å². The predicted octanol–water partition coefficient (Wildman–Crippen LogP) is 2.01. The van der Waals surface area contributed by atoms with Gasteiger partial charge in [-0.05, 0) is 18.3 Å². The number of hydrogen-bond acceptors (Lipinski definition) is 2. The second-order valence-corrected chi connectivity index (χ2v) is 6.10. The van der Waals surface area contributed by atoms with Gasteiger partial charge >= 0.3 is 0 Å². The Balaban J connectivity index is 1.89. The van der Waals surface area contributed by atoms with Crippen molar-refractivity contribution < 1.29 is 4.90 Å². The lowest BCUT2D eigenvalue weighted by Gasteiger charge is -2.11. The molecule has 1 aliphatic heterocycles. The standard InChI is InChI=1S/C13H15BrN4S/c14-11-6-2-1-5-10(11)12-15-13(19)18(16-12)9-17-7-3-4-8-17/h1-2,5-6H,3-4,7-9H2,(H,15,16,19)/p+1. The monoisotopic (exact) mass is 339 g/mol. The molecule has 1 aromatic heterocycles. The Kier molecular flexibility index (Phi) is 3.81. The number of H-pyrrole nitrogens is 1. The van der Waals surface area contributed by atoms with Crippen molar-refractivity contribution in [2.75, 3.05) is 13.1 Å². The summed E-state index contributed by atoms with van der Waals surface area (Å²) in [4.78, 5) is 6.03. The lowest BCUT2D eigenvalue weighted by Crippen LogP contribution is -3.09. The van der Waals surface area contributed by atoms with Gasteiger partial charge in [0.15, 0.2) is 12.5 Å². The highest BCUT2D eigenvalue weighted by Crippen LogP contribution is 2.24. The number of nitrogens with zero attached hydrogens (tertiary/aromatic N) is 2. The molecule has 2 aromatic rings. The first-order chi connectivity index (χ1) is 9.24. The van der Waals surface area contributed by atoms with Gasteiger partial charge in [0.25, 0.3) is 0 Å². The first-order valence-electron chi connectivity index (χ1n) is 6.49. The van der Waals surface area contributed by atoms with E-state index in [1.807, 2.05) is 28.9 Å². The fourth-order valence-electron chi connectivity index (χ4n) is 2.49. The molecule has 100 valence electrons. The van der Waals surface area contributed by atoms with Crippen LogP contribution in [0.2, 0.25) is 0 Å². The van der Waals surface area contributed by atoms with Gasteiger partial charge < -0.3 is 4.90 Å². The van der Waals surface area contributed by atoms with Crippen molar-refractivity contribution in [3.8, 4) is 11.4 Å². The van der Waals surface area contributed by atoms with Crippen molar-refractivity contribution in [2.24, 2.45) is 0 Å². The third kappa shape index (κ3) is 2.80. The van der Waals surface area contributed by atoms with E-state index >= 15 is 0 Å². The fourth-order valence-corrected chi connectivity index (χ4v) is 3.17. The van der Waals surface area contributed by atoms with Crippen LogP contribution >= 0.6 is 28.1 Å². The Bertz CT molecular complexity index is 628. The van der Waals surface area contributed by atoms with Crippen LogP contribution in [-0.4, -0.2) is 27.9 Å². The molecule has 6 heteroatoms. The molecule has 1 saturated heterocycles. The third-order valence-corrected chi connectivity index (χ3v) is 4.50. The minimum absolute atomic E-state index is 0.630. The number of benzene rings is 1. The molecule has 0 radical (unpaired) electrons. The van der Waals surface area contributed by atoms with Crippen LogP contribution in [0.25, 0.3) is 11.4 Å². The molecule has 0 saturated carbocycles. The maximum atomic E-state index is 5.34. The molecule has 4 nitrogen and oxygen atoms in total. The van der Waals surface area contributed by atoms with Gasteiger partial charge in [-0.3, -0.25) is 5.10 Å². The van der Waals surface area contributed by atoms with Gasteiger partial charge in [0.1, 0.15) is 0 Å². The lowest BCUT2D eigenvalue weighted by atomic mass is 10.2. The SMILES string of the molecule is S=c1nc(-c2ccccc2Br)[nH]n1C[NH+]1CCCC1. The molecule has 0 bridgehead atoms. The molecule has 19 heavy (non-hydrogen) atoms. The summed E-state index contributed by atoms with van der Waals surface area (Å²) < 4.78 is 3.63. The molecular weight excluding hydrogens is 324 g/mol. The van der Waals surface area contributed by atoms with E-state index in [1.54, 1.807) is 4.90 Å². The van der Waals surface area contributed by atoms with Crippen molar-refractivity contribution in [1.29, 1.82) is 0 Å². The summed E-state index contributed by atoms with van der Waals surface area (Å²) in [6.45, 7) is 3.34. The molecule has 2 N–H and O–H groups in total. The summed E-state index contributed by atoms with van der Waals surface area (Å²) in [7, 11) is 0. The third-order valence-electron chi connectivity index (χ3n) is 3.50. The first kappa shape index (κ1) is 13.0. The summed E-state index contributed by atoms with van der Waals surface area (Å²) >= 11 is 8.89. The van der Waals surface area contributed by atoms with Gasteiger partial charge in [-0.15, -0.1) is 0 Å². The maximum Gasteiger partial charge on any atom is 0.221 e. The van der Waals surface area contributed by atoms with Crippen molar-refractivity contribution in [3.05, 3.63) is 33.5 Å². The number of nitrogens with one attached hydrogen (secondary N) is 2. The van der Waals surface area contributed by atoms with Crippen molar-refractivity contribution in [3.63, 3.8) is 0 Å². The van der Waals surface area contributed by atoms with Crippen LogP contribution in [-0.2, 0) is 6.67 Å². The van der Waals surface area contributed by atoms with E-state index < -0.39 is 0 Å². The van der Waals surface area contributed by atoms with Gasteiger partial charge in [0.2, 0.25) is 4.77 Å². The van der Waals surface area contributed by atoms with Crippen LogP contribution in [0.1, 0.15) is 12.8 Å². The minimum atomic E-state index is 0.630. The normalized spacial score (nSPS) is 16.1. The highest BCUT2D eigenvalue weighted by atomic mass is 79.9. The second kappa shape index (κ2) is 5.56. The van der Waals surface area contributed by atoms with Gasteiger partial charge in [0.05, 0.1) is 13.1 Å². The summed E-state index contributed by atoms with van der Waals surface area (Å²) in [6.07, 6.45) is 2.63. The topological polar surface area (TPSA) is 38.0 Å². The van der Waals surface area contributed by atoms with Crippen LogP contribution in [0.4, 0.5) is 0 Å². The van der Waals surface area contributed by atoms with Crippen LogP contribution in [0, 0.1) is 4.77 Å². The van der Waals surface area contributed by atoms with E-state index in [-0.39, 0.29) is 0 Å².